The Balaban J connectivity index is 1.24. The molecule has 1 fully saturated rings. The lowest BCUT2D eigenvalue weighted by Gasteiger charge is -2.36. The highest BCUT2D eigenvalue weighted by molar-refractivity contribution is 6.18. The zero-order chi connectivity index (χ0) is 26.8. The number of aromatic nitrogens is 1. The molecule has 0 spiro atoms. The number of pyridine rings is 1. The van der Waals surface area contributed by atoms with Gasteiger partial charge in [-0.15, -0.1) is 0 Å². The Bertz CT molecular complexity index is 1480. The van der Waals surface area contributed by atoms with Crippen molar-refractivity contribution in [3.05, 3.63) is 81.6 Å². The van der Waals surface area contributed by atoms with Crippen molar-refractivity contribution < 1.29 is 28.6 Å². The SMILES string of the molecule is CCn1cc(C(=O)O)c(=O)c2cc(F)c(N3CCN(CCOC4=C(c5ccccc5)C(=O)OC4)CC3)cc21. The molecular weight excluding hydrogens is 493 g/mol. The Morgan fingerprint density at radius 1 is 1.11 bits per heavy atom. The molecule has 9 nitrogen and oxygen atoms in total. The van der Waals surface area contributed by atoms with Crippen LogP contribution in [0, 0.1) is 5.82 Å². The van der Waals surface area contributed by atoms with Gasteiger partial charge in [0.15, 0.2) is 0 Å². The fourth-order valence-corrected chi connectivity index (χ4v) is 4.95. The number of carboxylic acids is 1. The lowest BCUT2D eigenvalue weighted by Crippen LogP contribution is -2.47. The number of carbonyl (C=O) groups excluding carboxylic acids is 1. The van der Waals surface area contributed by atoms with E-state index >= 15 is 4.39 Å². The molecule has 1 aromatic heterocycles. The second-order valence-corrected chi connectivity index (χ2v) is 9.20. The molecule has 3 aromatic rings. The highest BCUT2D eigenvalue weighted by atomic mass is 19.1. The number of esters is 1. The summed E-state index contributed by atoms with van der Waals surface area (Å²) in [6.45, 7) is 5.94. The highest BCUT2D eigenvalue weighted by Gasteiger charge is 2.28. The predicted octanol–water partition coefficient (Wildman–Crippen LogP) is 2.97. The lowest BCUT2D eigenvalue weighted by molar-refractivity contribution is -0.134. The van der Waals surface area contributed by atoms with Gasteiger partial charge in [0.1, 0.15) is 35.9 Å². The summed E-state index contributed by atoms with van der Waals surface area (Å²) in [6, 6.07) is 12.1. The molecule has 5 rings (SSSR count). The van der Waals surface area contributed by atoms with Crippen LogP contribution in [0.1, 0.15) is 22.8 Å². The van der Waals surface area contributed by atoms with Crippen molar-refractivity contribution in [3.63, 3.8) is 0 Å². The second kappa shape index (κ2) is 10.7. The topological polar surface area (TPSA) is 101 Å². The first-order valence-electron chi connectivity index (χ1n) is 12.5. The van der Waals surface area contributed by atoms with Gasteiger partial charge in [-0.2, -0.15) is 0 Å². The van der Waals surface area contributed by atoms with Crippen LogP contribution in [0.15, 0.2) is 59.2 Å². The van der Waals surface area contributed by atoms with E-state index in [1.807, 2.05) is 42.2 Å². The van der Waals surface area contributed by atoms with Gasteiger partial charge in [-0.05, 0) is 24.6 Å². The Kier molecular flexibility index (Phi) is 7.15. The number of ether oxygens (including phenoxy) is 2. The monoisotopic (exact) mass is 521 g/mol. The van der Waals surface area contributed by atoms with E-state index in [-0.39, 0.29) is 23.5 Å². The van der Waals surface area contributed by atoms with Gasteiger partial charge in [0.25, 0.3) is 0 Å². The largest absolute Gasteiger partial charge is 0.492 e. The number of rotatable bonds is 8. The van der Waals surface area contributed by atoms with E-state index in [4.69, 9.17) is 9.47 Å². The number of fused-ring (bicyclic) bond motifs is 1. The van der Waals surface area contributed by atoms with Crippen LogP contribution in [0.2, 0.25) is 0 Å². The molecule has 2 aliphatic heterocycles. The normalized spacial score (nSPS) is 16.3. The summed E-state index contributed by atoms with van der Waals surface area (Å²) in [7, 11) is 0. The number of hydrogen-bond acceptors (Lipinski definition) is 7. The summed E-state index contributed by atoms with van der Waals surface area (Å²) in [5.74, 6) is -1.73. The number of anilines is 1. The van der Waals surface area contributed by atoms with Gasteiger partial charge in [0, 0.05) is 50.9 Å². The minimum absolute atomic E-state index is 0.0577. The van der Waals surface area contributed by atoms with Crippen LogP contribution >= 0.6 is 0 Å². The zero-order valence-electron chi connectivity index (χ0n) is 21.0. The van der Waals surface area contributed by atoms with Crippen molar-refractivity contribution in [2.75, 3.05) is 50.8 Å². The number of benzene rings is 2. The Morgan fingerprint density at radius 2 is 1.84 bits per heavy atom. The standard InChI is InChI=1S/C28H28FN3O6/c1-2-31-16-20(27(34)35)26(33)19-14-21(29)23(15-22(19)31)32-10-8-30(9-11-32)12-13-37-24-17-38-28(36)25(24)18-6-4-3-5-7-18/h3-7,14-16H,2,8-13,17H2,1H3,(H,34,35). The number of aryl methyl sites for hydroxylation is 1. The number of piperazine rings is 1. The van der Waals surface area contributed by atoms with Gasteiger partial charge in [-0.25, -0.2) is 14.0 Å². The molecule has 2 aliphatic rings. The van der Waals surface area contributed by atoms with Crippen molar-refractivity contribution in [1.29, 1.82) is 0 Å². The van der Waals surface area contributed by atoms with E-state index in [1.54, 1.807) is 10.6 Å². The molecule has 0 amide bonds. The van der Waals surface area contributed by atoms with Crippen molar-refractivity contribution in [1.82, 2.24) is 9.47 Å². The smallest absolute Gasteiger partial charge is 0.342 e. The van der Waals surface area contributed by atoms with Crippen LogP contribution in [-0.2, 0) is 20.8 Å². The number of hydrogen-bond donors (Lipinski definition) is 1. The van der Waals surface area contributed by atoms with Crippen LogP contribution in [0.3, 0.4) is 0 Å². The average molecular weight is 522 g/mol. The van der Waals surface area contributed by atoms with Crippen molar-refractivity contribution in [3.8, 4) is 0 Å². The van der Waals surface area contributed by atoms with Crippen molar-refractivity contribution >= 4 is 34.1 Å². The van der Waals surface area contributed by atoms with Gasteiger partial charge < -0.3 is 24.0 Å². The summed E-state index contributed by atoms with van der Waals surface area (Å²) in [5.41, 5.74) is 1.06. The Morgan fingerprint density at radius 3 is 2.53 bits per heavy atom. The number of carbonyl (C=O) groups is 2. The number of halogens is 1. The van der Waals surface area contributed by atoms with Crippen molar-refractivity contribution in [2.24, 2.45) is 0 Å². The number of aromatic carboxylic acids is 1. The average Bonchev–Trinajstić information content (AvgIpc) is 3.29. The summed E-state index contributed by atoms with van der Waals surface area (Å²) in [5, 5.41) is 9.40. The third-order valence-electron chi connectivity index (χ3n) is 7.00. The quantitative estimate of drug-likeness (QED) is 0.452. The molecule has 1 N–H and O–H groups in total. The molecule has 0 atom stereocenters. The predicted molar refractivity (Wildman–Crippen MR) is 140 cm³/mol. The summed E-state index contributed by atoms with van der Waals surface area (Å²) in [6.07, 6.45) is 1.31. The third kappa shape index (κ3) is 4.87. The summed E-state index contributed by atoms with van der Waals surface area (Å²) in [4.78, 5) is 40.4. The first kappa shape index (κ1) is 25.5. The molecule has 0 aliphatic carbocycles. The van der Waals surface area contributed by atoms with E-state index in [0.717, 1.165) is 11.6 Å². The molecule has 0 saturated carbocycles. The lowest BCUT2D eigenvalue weighted by atomic mass is 10.1. The van der Waals surface area contributed by atoms with Gasteiger partial charge >= 0.3 is 11.9 Å². The molecule has 3 heterocycles. The Hall–Kier alpha value is -4.18. The number of cyclic esters (lactones) is 1. The fourth-order valence-electron chi connectivity index (χ4n) is 4.95. The maximum atomic E-state index is 15.1. The van der Waals surface area contributed by atoms with Crippen LogP contribution in [0.5, 0.6) is 0 Å². The van der Waals surface area contributed by atoms with E-state index < -0.39 is 17.2 Å². The molecule has 0 unspecified atom stereocenters. The van der Waals surface area contributed by atoms with E-state index in [0.29, 0.717) is 68.4 Å². The zero-order valence-corrected chi connectivity index (χ0v) is 21.0. The van der Waals surface area contributed by atoms with Gasteiger partial charge in [-0.3, -0.25) is 9.69 Å². The molecular formula is C28H28FN3O6. The van der Waals surface area contributed by atoms with Crippen LogP contribution in [-0.4, -0.2) is 72.4 Å². The van der Waals surface area contributed by atoms with E-state index in [2.05, 4.69) is 4.90 Å². The Labute approximate surface area is 218 Å². The molecule has 1 saturated heterocycles. The molecule has 2 aromatic carbocycles. The van der Waals surface area contributed by atoms with Gasteiger partial charge in [-0.1, -0.05) is 30.3 Å². The van der Waals surface area contributed by atoms with Crippen LogP contribution in [0.4, 0.5) is 10.1 Å². The van der Waals surface area contributed by atoms with E-state index in [9.17, 15) is 19.5 Å². The highest BCUT2D eigenvalue weighted by Crippen LogP contribution is 2.28. The van der Waals surface area contributed by atoms with Crippen LogP contribution < -0.4 is 10.3 Å². The van der Waals surface area contributed by atoms with Crippen LogP contribution in [0.25, 0.3) is 16.5 Å². The van der Waals surface area contributed by atoms with E-state index in [1.165, 1.54) is 6.20 Å². The molecule has 38 heavy (non-hydrogen) atoms. The fraction of sp³-hybridized carbons (Fsp3) is 0.321. The molecule has 0 bridgehead atoms. The van der Waals surface area contributed by atoms with Gasteiger partial charge in [0.2, 0.25) is 5.43 Å². The van der Waals surface area contributed by atoms with Gasteiger partial charge in [0.05, 0.1) is 11.2 Å². The third-order valence-corrected chi connectivity index (χ3v) is 7.00. The molecule has 10 heteroatoms. The maximum Gasteiger partial charge on any atom is 0.342 e. The second-order valence-electron chi connectivity index (χ2n) is 9.20. The number of nitrogens with zero attached hydrogens (tertiary/aromatic N) is 3. The molecule has 198 valence electrons. The summed E-state index contributed by atoms with van der Waals surface area (Å²) < 4.78 is 27.9. The van der Waals surface area contributed by atoms with Crippen molar-refractivity contribution in [2.45, 2.75) is 13.5 Å². The first-order chi connectivity index (χ1) is 18.4. The first-order valence-corrected chi connectivity index (χ1v) is 12.5. The number of carboxylic acid groups (broad SMARTS) is 1. The molecule has 0 radical (unpaired) electrons. The minimum atomic E-state index is -1.33. The maximum absolute atomic E-state index is 15.1. The minimum Gasteiger partial charge on any atom is -0.492 e. The summed E-state index contributed by atoms with van der Waals surface area (Å²) >= 11 is 0.